The molecule has 1 unspecified atom stereocenters. The minimum absolute atomic E-state index is 0.155. The van der Waals surface area contributed by atoms with Crippen molar-refractivity contribution < 1.29 is 22.0 Å². The highest BCUT2D eigenvalue weighted by Crippen LogP contribution is 2.38. The number of alkyl halides is 5. The van der Waals surface area contributed by atoms with Crippen LogP contribution in [0.4, 0.5) is 22.0 Å². The van der Waals surface area contributed by atoms with Crippen LogP contribution < -0.4 is 0 Å². The van der Waals surface area contributed by atoms with E-state index in [1.54, 1.807) is 0 Å². The van der Waals surface area contributed by atoms with Gasteiger partial charge < -0.3 is 0 Å². The van der Waals surface area contributed by atoms with Crippen LogP contribution >= 0.6 is 9.24 Å². The summed E-state index contributed by atoms with van der Waals surface area (Å²) >= 11 is 0. The summed E-state index contributed by atoms with van der Waals surface area (Å²) in [6.07, 6.45) is -4.60. The highest BCUT2D eigenvalue weighted by molar-refractivity contribution is 7.17. The van der Waals surface area contributed by atoms with Crippen molar-refractivity contribution in [3.05, 3.63) is 34.9 Å². The van der Waals surface area contributed by atoms with Gasteiger partial charge in [0.05, 0.1) is 5.56 Å². The zero-order chi connectivity index (χ0) is 13.9. The van der Waals surface area contributed by atoms with Gasteiger partial charge in [-0.3, -0.25) is 0 Å². The largest absolute Gasteiger partial charge is 0.416 e. The van der Waals surface area contributed by atoms with Gasteiger partial charge in [0, 0.05) is 5.56 Å². The van der Waals surface area contributed by atoms with E-state index < -0.39 is 23.0 Å². The molecule has 1 atom stereocenters. The van der Waals surface area contributed by atoms with Gasteiger partial charge in [0.1, 0.15) is 0 Å². The van der Waals surface area contributed by atoms with Crippen molar-refractivity contribution >= 4 is 9.24 Å². The average molecular weight is 272 g/mol. The quantitative estimate of drug-likeness (QED) is 0.500. The molecule has 0 spiro atoms. The summed E-state index contributed by atoms with van der Waals surface area (Å²) in [7, 11) is 1.22. The second-order valence-electron chi connectivity index (χ2n) is 3.21. The van der Waals surface area contributed by atoms with Crippen molar-refractivity contribution in [1.82, 2.24) is 0 Å². The Balaban J connectivity index is 0.00000121. The van der Waals surface area contributed by atoms with Crippen LogP contribution in [0.5, 0.6) is 0 Å². The van der Waals surface area contributed by atoms with Crippen LogP contribution in [-0.4, -0.2) is 0 Å². The highest BCUT2D eigenvalue weighted by Gasteiger charge is 2.34. The molecular weight excluding hydrogens is 258 g/mol. The van der Waals surface area contributed by atoms with Crippen LogP contribution in [0.2, 0.25) is 0 Å². The fraction of sp³-hybridized carbons (Fsp3) is 0.455. The molecule has 0 aliphatic rings. The smallest absolute Gasteiger partial charge is 0.197 e. The van der Waals surface area contributed by atoms with Crippen LogP contribution in [0, 0.1) is 6.92 Å². The first kappa shape index (κ1) is 16.3. The molecule has 0 aliphatic carbocycles. The van der Waals surface area contributed by atoms with Crippen molar-refractivity contribution in [2.24, 2.45) is 0 Å². The van der Waals surface area contributed by atoms with E-state index in [-0.39, 0.29) is 5.56 Å². The Bertz CT molecular complexity index is 333. The van der Waals surface area contributed by atoms with E-state index >= 15 is 0 Å². The van der Waals surface area contributed by atoms with Crippen molar-refractivity contribution in [3.8, 4) is 0 Å². The van der Waals surface area contributed by atoms with Gasteiger partial charge in [-0.15, -0.1) is 0 Å². The second kappa shape index (κ2) is 5.76. The molecule has 0 fully saturated rings. The molecule has 17 heavy (non-hydrogen) atoms. The SMILES string of the molecule is CC.Cc1cc(C(F)(F)F)cc(C(F)(F)P)c1. The number of rotatable bonds is 1. The van der Waals surface area contributed by atoms with Crippen LogP contribution in [0.25, 0.3) is 0 Å². The van der Waals surface area contributed by atoms with Gasteiger partial charge in [-0.25, -0.2) is 0 Å². The summed E-state index contributed by atoms with van der Waals surface area (Å²) in [6, 6.07) is 2.32. The van der Waals surface area contributed by atoms with Gasteiger partial charge in [0.2, 0.25) is 0 Å². The first-order valence-electron chi connectivity index (χ1n) is 4.97. The monoisotopic (exact) mass is 272 g/mol. The van der Waals surface area contributed by atoms with E-state index in [0.717, 1.165) is 12.1 Å². The molecule has 0 radical (unpaired) electrons. The number of benzene rings is 1. The predicted molar refractivity (Wildman–Crippen MR) is 61.1 cm³/mol. The molecule has 1 aromatic rings. The van der Waals surface area contributed by atoms with Crippen molar-refractivity contribution in [2.75, 3.05) is 0 Å². The van der Waals surface area contributed by atoms with Crippen LogP contribution in [0.15, 0.2) is 18.2 Å². The zero-order valence-corrected chi connectivity index (χ0v) is 10.9. The van der Waals surface area contributed by atoms with Gasteiger partial charge >= 0.3 is 6.18 Å². The molecule has 98 valence electrons. The van der Waals surface area contributed by atoms with Crippen LogP contribution in [-0.2, 0) is 11.8 Å². The first-order valence-corrected chi connectivity index (χ1v) is 5.54. The lowest BCUT2D eigenvalue weighted by Gasteiger charge is -2.14. The third-order valence-electron chi connectivity index (χ3n) is 1.79. The summed E-state index contributed by atoms with van der Waals surface area (Å²) in [5, 5.41) is 0. The molecule has 1 aromatic carbocycles. The van der Waals surface area contributed by atoms with Gasteiger partial charge in [0.15, 0.2) is 0 Å². The van der Waals surface area contributed by atoms with E-state index in [1.807, 2.05) is 13.8 Å². The van der Waals surface area contributed by atoms with Gasteiger partial charge in [-0.1, -0.05) is 28.7 Å². The Kier molecular flexibility index (Phi) is 5.53. The molecule has 0 nitrogen and oxygen atoms in total. The summed E-state index contributed by atoms with van der Waals surface area (Å²) in [5.74, 6) is 0. The maximum absolute atomic E-state index is 12.8. The third kappa shape index (κ3) is 4.99. The lowest BCUT2D eigenvalue weighted by atomic mass is 10.1. The highest BCUT2D eigenvalue weighted by atomic mass is 31.0. The lowest BCUT2D eigenvalue weighted by Crippen LogP contribution is -2.10. The van der Waals surface area contributed by atoms with E-state index in [4.69, 9.17) is 0 Å². The molecule has 0 bridgehead atoms. The maximum Gasteiger partial charge on any atom is 0.416 e. The zero-order valence-electron chi connectivity index (χ0n) is 9.70. The topological polar surface area (TPSA) is 0 Å². The van der Waals surface area contributed by atoms with E-state index in [2.05, 4.69) is 0 Å². The summed E-state index contributed by atoms with van der Waals surface area (Å²) in [4.78, 5) is 0. The van der Waals surface area contributed by atoms with Crippen LogP contribution in [0.3, 0.4) is 0 Å². The van der Waals surface area contributed by atoms with Gasteiger partial charge in [-0.2, -0.15) is 22.0 Å². The molecule has 0 N–H and O–H groups in total. The number of halogens is 5. The lowest BCUT2D eigenvalue weighted by molar-refractivity contribution is -0.137. The van der Waals surface area contributed by atoms with Crippen LogP contribution in [0.1, 0.15) is 30.5 Å². The average Bonchev–Trinajstić information content (AvgIpc) is 2.17. The fourth-order valence-corrected chi connectivity index (χ4v) is 1.31. The normalized spacial score (nSPS) is 11.8. The minimum atomic E-state index is -4.60. The summed E-state index contributed by atoms with van der Waals surface area (Å²) < 4.78 is 62.4. The minimum Gasteiger partial charge on any atom is -0.197 e. The molecular formula is C11H14F5P. The maximum atomic E-state index is 12.8. The molecule has 6 heteroatoms. The fourth-order valence-electron chi connectivity index (χ4n) is 1.14. The number of hydrogen-bond donors (Lipinski definition) is 0. The number of aryl methyl sites for hydroxylation is 1. The van der Waals surface area contributed by atoms with Gasteiger partial charge in [-0.05, 0) is 25.1 Å². The summed E-state index contributed by atoms with van der Waals surface area (Å²) in [5.41, 5.74) is -4.90. The Labute approximate surface area is 99.4 Å². The van der Waals surface area contributed by atoms with E-state index in [9.17, 15) is 22.0 Å². The predicted octanol–water partition coefficient (Wildman–Crippen LogP) is 4.96. The number of hydrogen-bond acceptors (Lipinski definition) is 0. The summed E-state index contributed by atoms with van der Waals surface area (Å²) in [6.45, 7) is 5.34. The van der Waals surface area contributed by atoms with Crippen molar-refractivity contribution in [2.45, 2.75) is 32.6 Å². The molecule has 0 aromatic heterocycles. The van der Waals surface area contributed by atoms with Crippen molar-refractivity contribution in [1.29, 1.82) is 0 Å². The van der Waals surface area contributed by atoms with E-state index in [0.29, 0.717) is 6.07 Å². The Morgan fingerprint density at radius 3 is 1.65 bits per heavy atom. The van der Waals surface area contributed by atoms with Crippen molar-refractivity contribution in [3.63, 3.8) is 0 Å². The molecule has 0 heterocycles. The molecule has 0 amide bonds. The molecule has 0 saturated carbocycles. The Morgan fingerprint density at radius 1 is 0.882 bits per heavy atom. The first-order chi connectivity index (χ1) is 7.60. The Morgan fingerprint density at radius 2 is 1.29 bits per heavy atom. The van der Waals surface area contributed by atoms with Gasteiger partial charge in [0.25, 0.3) is 5.66 Å². The standard InChI is InChI=1S/C9H8F5P.C2H6/c1-5-2-6(8(10,11)12)4-7(3-5)9(13,14)15;1-2/h2-4H,15H2,1H3;1-2H3. The Hall–Kier alpha value is -0.700. The van der Waals surface area contributed by atoms with E-state index in [1.165, 1.54) is 16.2 Å². The molecule has 0 saturated heterocycles. The second-order valence-corrected chi connectivity index (χ2v) is 3.93. The molecule has 0 aliphatic heterocycles. The molecule has 1 rings (SSSR count). The third-order valence-corrected chi connectivity index (χ3v) is 2.12.